The van der Waals surface area contributed by atoms with Crippen LogP contribution in [0.1, 0.15) is 37.3 Å². The molecule has 28 heavy (non-hydrogen) atoms. The van der Waals surface area contributed by atoms with Gasteiger partial charge in [-0.3, -0.25) is 14.5 Å². The Morgan fingerprint density at radius 3 is 2.46 bits per heavy atom. The molecule has 5 nitrogen and oxygen atoms in total. The Hall–Kier alpha value is -2.31. The summed E-state index contributed by atoms with van der Waals surface area (Å²) >= 11 is 7.71. The van der Waals surface area contributed by atoms with Crippen molar-refractivity contribution in [2.24, 2.45) is 5.41 Å². The summed E-state index contributed by atoms with van der Waals surface area (Å²) in [4.78, 5) is 28.4. The molecule has 0 aliphatic carbocycles. The Morgan fingerprint density at radius 2 is 1.96 bits per heavy atom. The molecule has 2 heterocycles. The maximum Gasteiger partial charge on any atom is 0.294 e. The number of carbonyl (C=O) groups excluding carboxylic acids is 2. The molecule has 1 aromatic heterocycles. The molecule has 2 aromatic rings. The summed E-state index contributed by atoms with van der Waals surface area (Å²) in [5, 5.41) is 12.9. The average Bonchev–Trinajstić information content (AvgIpc) is 3.15. The highest BCUT2D eigenvalue weighted by Gasteiger charge is 2.47. The van der Waals surface area contributed by atoms with Crippen molar-refractivity contribution in [3.05, 3.63) is 56.4 Å². The molecule has 1 aliphatic heterocycles. The zero-order valence-electron chi connectivity index (χ0n) is 16.4. The molecule has 0 bridgehead atoms. The summed E-state index contributed by atoms with van der Waals surface area (Å²) in [6, 6.07) is 6.17. The van der Waals surface area contributed by atoms with Crippen LogP contribution in [-0.4, -0.2) is 23.9 Å². The van der Waals surface area contributed by atoms with E-state index in [1.54, 1.807) is 39.0 Å². The predicted molar refractivity (Wildman–Crippen MR) is 111 cm³/mol. The molecule has 0 radical (unpaired) electrons. The molecule has 0 saturated carbocycles. The third-order valence-electron chi connectivity index (χ3n) is 4.70. The van der Waals surface area contributed by atoms with Gasteiger partial charge in [-0.05, 0) is 42.1 Å². The van der Waals surface area contributed by atoms with Crippen molar-refractivity contribution in [3.8, 4) is 5.75 Å². The Bertz CT molecular complexity index is 987. The number of aryl methyl sites for hydroxylation is 1. The molecule has 1 unspecified atom stereocenters. The third-order valence-corrected chi connectivity index (χ3v) is 6.06. The van der Waals surface area contributed by atoms with Crippen LogP contribution in [0.5, 0.6) is 5.75 Å². The fraction of sp³-hybridized carbons (Fsp3) is 0.333. The smallest absolute Gasteiger partial charge is 0.294 e. The van der Waals surface area contributed by atoms with Gasteiger partial charge in [0.1, 0.15) is 11.8 Å². The lowest BCUT2D eigenvalue weighted by Gasteiger charge is -2.28. The number of aliphatic hydroxyl groups is 1. The molecule has 0 fully saturated rings. The predicted octanol–water partition coefficient (Wildman–Crippen LogP) is 5.23. The van der Waals surface area contributed by atoms with Gasteiger partial charge in [-0.1, -0.05) is 32.4 Å². The number of amides is 1. The number of methoxy groups -OCH3 is 1. The zero-order valence-corrected chi connectivity index (χ0v) is 17.9. The maximum atomic E-state index is 13.1. The molecule has 0 saturated heterocycles. The number of hydrogen-bond acceptors (Lipinski definition) is 5. The van der Waals surface area contributed by atoms with E-state index in [2.05, 4.69) is 0 Å². The van der Waals surface area contributed by atoms with E-state index in [4.69, 9.17) is 16.3 Å². The number of aliphatic hydroxyl groups excluding tert-OH is 1. The van der Waals surface area contributed by atoms with Crippen LogP contribution >= 0.6 is 22.9 Å². The molecule has 1 aromatic carbocycles. The number of thiophene rings is 1. The average molecular weight is 420 g/mol. The summed E-state index contributed by atoms with van der Waals surface area (Å²) < 4.78 is 5.19. The largest absolute Gasteiger partial charge is 0.503 e. The van der Waals surface area contributed by atoms with Crippen molar-refractivity contribution in [3.63, 3.8) is 0 Å². The van der Waals surface area contributed by atoms with Crippen molar-refractivity contribution in [1.29, 1.82) is 0 Å². The Labute approximate surface area is 173 Å². The van der Waals surface area contributed by atoms with E-state index >= 15 is 0 Å². The van der Waals surface area contributed by atoms with E-state index < -0.39 is 23.1 Å². The summed E-state index contributed by atoms with van der Waals surface area (Å²) in [5.41, 5.74) is 0.800. The first-order valence-electron chi connectivity index (χ1n) is 8.77. The van der Waals surface area contributed by atoms with Gasteiger partial charge in [0.2, 0.25) is 0 Å². The van der Waals surface area contributed by atoms with Gasteiger partial charge >= 0.3 is 0 Å². The number of benzene rings is 1. The maximum absolute atomic E-state index is 13.1. The van der Waals surface area contributed by atoms with Crippen molar-refractivity contribution >= 4 is 40.3 Å². The zero-order chi connectivity index (χ0) is 20.8. The number of rotatable bonds is 4. The molecule has 1 amide bonds. The van der Waals surface area contributed by atoms with Crippen LogP contribution in [0.4, 0.5) is 5.69 Å². The quantitative estimate of drug-likeness (QED) is 0.736. The summed E-state index contributed by atoms with van der Waals surface area (Å²) in [6.45, 7) is 7.23. The van der Waals surface area contributed by atoms with E-state index in [1.807, 2.05) is 18.4 Å². The Morgan fingerprint density at radius 1 is 1.29 bits per heavy atom. The van der Waals surface area contributed by atoms with E-state index in [1.165, 1.54) is 23.3 Å². The monoisotopic (exact) mass is 419 g/mol. The van der Waals surface area contributed by atoms with Gasteiger partial charge in [-0.25, -0.2) is 0 Å². The molecule has 1 atom stereocenters. The summed E-state index contributed by atoms with van der Waals surface area (Å²) in [7, 11) is 1.51. The van der Waals surface area contributed by atoms with Gasteiger partial charge < -0.3 is 9.84 Å². The number of hydrogen-bond donors (Lipinski definition) is 1. The van der Waals surface area contributed by atoms with Crippen molar-refractivity contribution < 1.29 is 19.4 Å². The van der Waals surface area contributed by atoms with Gasteiger partial charge in [0.05, 0.1) is 17.7 Å². The first-order chi connectivity index (χ1) is 13.1. The highest BCUT2D eigenvalue weighted by Crippen LogP contribution is 2.46. The Balaban J connectivity index is 2.21. The highest BCUT2D eigenvalue weighted by atomic mass is 35.5. The molecule has 1 aliphatic rings. The number of carbonyl (C=O) groups is 2. The molecular weight excluding hydrogens is 398 g/mol. The third kappa shape index (κ3) is 3.31. The second-order valence-electron chi connectivity index (χ2n) is 7.71. The fourth-order valence-electron chi connectivity index (χ4n) is 3.23. The minimum absolute atomic E-state index is 0.120. The van der Waals surface area contributed by atoms with E-state index in [0.717, 1.165) is 10.4 Å². The number of halogens is 1. The van der Waals surface area contributed by atoms with Crippen molar-refractivity contribution in [2.75, 3.05) is 12.0 Å². The molecule has 0 spiro atoms. The standard InChI is InChI=1S/C21H22ClNO4S/c1-11-8-9-28-18(11)16-15(19(25)21(2,3)4)17(24)20(26)23(16)12-6-7-14(27-5)13(22)10-12/h6-10,16,24H,1-5H3. The van der Waals surface area contributed by atoms with Crippen LogP contribution in [0.3, 0.4) is 0 Å². The van der Waals surface area contributed by atoms with Gasteiger partial charge in [0.15, 0.2) is 11.5 Å². The molecule has 148 valence electrons. The highest BCUT2D eigenvalue weighted by molar-refractivity contribution is 7.10. The minimum atomic E-state index is -0.749. The molecule has 7 heteroatoms. The number of nitrogens with zero attached hydrogens (tertiary/aromatic N) is 1. The van der Waals surface area contributed by atoms with Gasteiger partial charge in [0.25, 0.3) is 5.91 Å². The fourth-order valence-corrected chi connectivity index (χ4v) is 4.50. The van der Waals surface area contributed by atoms with E-state index in [-0.39, 0.29) is 11.4 Å². The van der Waals surface area contributed by atoms with Crippen LogP contribution in [0.25, 0.3) is 0 Å². The number of ketones is 1. The van der Waals surface area contributed by atoms with Gasteiger partial charge in [0, 0.05) is 16.0 Å². The van der Waals surface area contributed by atoms with Gasteiger partial charge in [-0.2, -0.15) is 0 Å². The number of anilines is 1. The van der Waals surface area contributed by atoms with Crippen molar-refractivity contribution in [2.45, 2.75) is 33.7 Å². The first-order valence-corrected chi connectivity index (χ1v) is 10.0. The van der Waals surface area contributed by atoms with E-state index in [9.17, 15) is 14.7 Å². The molecular formula is C21H22ClNO4S. The van der Waals surface area contributed by atoms with Crippen LogP contribution in [0, 0.1) is 12.3 Å². The minimum Gasteiger partial charge on any atom is -0.503 e. The Kier molecular flexibility index (Phi) is 5.30. The second kappa shape index (κ2) is 7.26. The van der Waals surface area contributed by atoms with E-state index in [0.29, 0.717) is 16.5 Å². The summed E-state index contributed by atoms with van der Waals surface area (Å²) in [5.74, 6) is -0.918. The first kappa shape index (κ1) is 20.4. The molecule has 3 rings (SSSR count). The van der Waals surface area contributed by atoms with Crippen LogP contribution in [0.15, 0.2) is 41.0 Å². The van der Waals surface area contributed by atoms with Crippen LogP contribution in [-0.2, 0) is 9.59 Å². The lowest BCUT2D eigenvalue weighted by atomic mass is 9.83. The number of ether oxygens (including phenoxy) is 1. The number of Topliss-reactive ketones (excluding diaryl/α,β-unsaturated/α-hetero) is 1. The van der Waals surface area contributed by atoms with Crippen molar-refractivity contribution in [1.82, 2.24) is 0 Å². The second-order valence-corrected chi connectivity index (χ2v) is 9.06. The van der Waals surface area contributed by atoms with Crippen LogP contribution in [0.2, 0.25) is 5.02 Å². The summed E-state index contributed by atoms with van der Waals surface area (Å²) in [6.07, 6.45) is 0. The lowest BCUT2D eigenvalue weighted by Crippen LogP contribution is -2.32. The lowest BCUT2D eigenvalue weighted by molar-refractivity contribution is -0.123. The topological polar surface area (TPSA) is 66.8 Å². The normalized spacial score (nSPS) is 17.4. The van der Waals surface area contributed by atoms with Crippen LogP contribution < -0.4 is 9.64 Å². The molecule has 1 N–H and O–H groups in total. The SMILES string of the molecule is COc1ccc(N2C(=O)C(O)=C(C(=O)C(C)(C)C)C2c2sccc2C)cc1Cl. The van der Waals surface area contributed by atoms with Gasteiger partial charge in [-0.15, -0.1) is 11.3 Å².